The maximum Gasteiger partial charge on any atom is 0.233 e. The molecule has 1 aliphatic carbocycles. The van der Waals surface area contributed by atoms with Gasteiger partial charge in [0.05, 0.1) is 11.3 Å². The minimum absolute atomic E-state index is 0.197. The number of pyridine rings is 1. The van der Waals surface area contributed by atoms with Crippen LogP contribution in [0, 0.1) is 0 Å². The highest BCUT2D eigenvalue weighted by atomic mass is 35.5. The van der Waals surface area contributed by atoms with Gasteiger partial charge in [-0.15, -0.1) is 11.8 Å². The van der Waals surface area contributed by atoms with Gasteiger partial charge in [0.1, 0.15) is 0 Å². The number of aromatic nitrogens is 1. The van der Waals surface area contributed by atoms with Gasteiger partial charge in [0.25, 0.3) is 0 Å². The van der Waals surface area contributed by atoms with E-state index in [-0.39, 0.29) is 5.91 Å². The van der Waals surface area contributed by atoms with Crippen molar-refractivity contribution < 1.29 is 4.79 Å². The second-order valence-corrected chi connectivity index (χ2v) is 10.2. The molecule has 2 heterocycles. The Balaban J connectivity index is 1.28. The second kappa shape index (κ2) is 9.50. The fraction of sp³-hybridized carbons (Fsp3) is 0.360. The van der Waals surface area contributed by atoms with E-state index < -0.39 is 0 Å². The monoisotopic (exact) mass is 485 g/mol. The first-order chi connectivity index (χ1) is 15.6. The topological polar surface area (TPSA) is 36.4 Å². The zero-order valence-electron chi connectivity index (χ0n) is 17.8. The highest BCUT2D eigenvalue weighted by Crippen LogP contribution is 2.37. The number of halogens is 2. The number of anilines is 1. The smallest absolute Gasteiger partial charge is 0.233 e. The second-order valence-electron chi connectivity index (χ2n) is 8.37. The lowest BCUT2D eigenvalue weighted by molar-refractivity contribution is -0.128. The SMILES string of the molecule is O=C(CSc1c2c(nc3ccc(Cl)cc13)CCCC2)N1CCN(c2ccc(Cl)cc2)CC1. The zero-order valence-corrected chi connectivity index (χ0v) is 20.1. The van der Waals surface area contributed by atoms with Crippen molar-refractivity contribution in [1.29, 1.82) is 0 Å². The zero-order chi connectivity index (χ0) is 22.1. The highest BCUT2D eigenvalue weighted by Gasteiger charge is 2.24. The molecule has 3 aromatic rings. The van der Waals surface area contributed by atoms with Gasteiger partial charge in [0, 0.05) is 57.9 Å². The molecule has 0 radical (unpaired) electrons. The van der Waals surface area contributed by atoms with Crippen LogP contribution in [0.4, 0.5) is 5.69 Å². The molecule has 0 atom stereocenters. The Kier molecular flexibility index (Phi) is 6.49. The summed E-state index contributed by atoms with van der Waals surface area (Å²) in [5.41, 5.74) is 4.64. The van der Waals surface area contributed by atoms with Gasteiger partial charge in [-0.3, -0.25) is 9.78 Å². The normalized spacial score (nSPS) is 16.3. The van der Waals surface area contributed by atoms with Gasteiger partial charge in [0.15, 0.2) is 0 Å². The number of fused-ring (bicyclic) bond motifs is 2. The van der Waals surface area contributed by atoms with E-state index in [1.165, 1.54) is 29.0 Å². The number of rotatable bonds is 4. The van der Waals surface area contributed by atoms with Crippen LogP contribution in [-0.2, 0) is 17.6 Å². The molecule has 4 nitrogen and oxygen atoms in total. The van der Waals surface area contributed by atoms with E-state index in [9.17, 15) is 4.79 Å². The summed E-state index contributed by atoms with van der Waals surface area (Å²) in [6, 6.07) is 13.8. The number of aryl methyl sites for hydroxylation is 1. The molecule has 1 aliphatic heterocycles. The first kappa shape index (κ1) is 21.9. The van der Waals surface area contributed by atoms with Gasteiger partial charge in [-0.05, 0) is 73.7 Å². The highest BCUT2D eigenvalue weighted by molar-refractivity contribution is 8.00. The maximum atomic E-state index is 13.1. The molecule has 1 fully saturated rings. The van der Waals surface area contributed by atoms with Crippen molar-refractivity contribution in [2.24, 2.45) is 0 Å². The molecule has 5 rings (SSSR count). The fourth-order valence-corrected chi connectivity index (χ4v) is 6.07. The molecule has 1 amide bonds. The molecule has 1 saturated heterocycles. The van der Waals surface area contributed by atoms with Crippen LogP contribution in [0.15, 0.2) is 47.4 Å². The molecule has 7 heteroatoms. The molecule has 0 saturated carbocycles. The summed E-state index contributed by atoms with van der Waals surface area (Å²) < 4.78 is 0. The van der Waals surface area contributed by atoms with E-state index in [1.807, 2.05) is 47.4 Å². The third kappa shape index (κ3) is 4.57. The molecule has 2 aromatic carbocycles. The van der Waals surface area contributed by atoms with Gasteiger partial charge >= 0.3 is 0 Å². The van der Waals surface area contributed by atoms with Crippen molar-refractivity contribution >= 4 is 57.5 Å². The summed E-state index contributed by atoms with van der Waals surface area (Å²) in [5.74, 6) is 0.640. The molecular formula is C25H25Cl2N3OS. The van der Waals surface area contributed by atoms with E-state index in [2.05, 4.69) is 4.90 Å². The summed E-state index contributed by atoms with van der Waals surface area (Å²) in [6.07, 6.45) is 4.40. The van der Waals surface area contributed by atoms with Crippen molar-refractivity contribution in [3.8, 4) is 0 Å². The van der Waals surface area contributed by atoms with Gasteiger partial charge in [-0.1, -0.05) is 23.2 Å². The molecule has 2 aliphatic rings. The summed E-state index contributed by atoms with van der Waals surface area (Å²) >= 11 is 14.0. The number of thioether (sulfide) groups is 1. The Labute approximate surface area is 202 Å². The Morgan fingerprint density at radius 3 is 2.44 bits per heavy atom. The van der Waals surface area contributed by atoms with Gasteiger partial charge in [-0.25, -0.2) is 0 Å². The van der Waals surface area contributed by atoms with Crippen LogP contribution in [0.25, 0.3) is 10.9 Å². The average Bonchev–Trinajstić information content (AvgIpc) is 2.82. The molecule has 32 heavy (non-hydrogen) atoms. The Hall–Kier alpha value is -1.95. The number of hydrogen-bond donors (Lipinski definition) is 0. The molecule has 1 aromatic heterocycles. The lowest BCUT2D eigenvalue weighted by atomic mass is 9.94. The van der Waals surface area contributed by atoms with E-state index in [0.29, 0.717) is 10.8 Å². The summed E-state index contributed by atoms with van der Waals surface area (Å²) in [4.78, 5) is 23.4. The molecule has 0 spiro atoms. The van der Waals surface area contributed by atoms with Crippen molar-refractivity contribution in [2.45, 2.75) is 30.6 Å². The third-order valence-electron chi connectivity index (χ3n) is 6.34. The summed E-state index contributed by atoms with van der Waals surface area (Å²) in [5, 5.41) is 2.52. The minimum atomic E-state index is 0.197. The van der Waals surface area contributed by atoms with Crippen molar-refractivity contribution in [1.82, 2.24) is 9.88 Å². The Morgan fingerprint density at radius 2 is 1.66 bits per heavy atom. The van der Waals surface area contributed by atoms with E-state index >= 15 is 0 Å². The first-order valence-corrected chi connectivity index (χ1v) is 12.8. The predicted molar refractivity (Wildman–Crippen MR) is 134 cm³/mol. The number of benzene rings is 2. The van der Waals surface area contributed by atoms with E-state index in [1.54, 1.807) is 11.8 Å². The van der Waals surface area contributed by atoms with E-state index in [4.69, 9.17) is 28.2 Å². The van der Waals surface area contributed by atoms with Crippen LogP contribution in [0.5, 0.6) is 0 Å². The first-order valence-electron chi connectivity index (χ1n) is 11.1. The molecule has 0 N–H and O–H groups in total. The van der Waals surface area contributed by atoms with Crippen molar-refractivity contribution in [2.75, 3.05) is 36.8 Å². The van der Waals surface area contributed by atoms with Crippen molar-refractivity contribution in [3.05, 3.63) is 63.8 Å². The third-order valence-corrected chi connectivity index (χ3v) is 7.97. The number of amides is 1. The minimum Gasteiger partial charge on any atom is -0.368 e. The summed E-state index contributed by atoms with van der Waals surface area (Å²) in [6.45, 7) is 3.15. The number of piperazine rings is 1. The summed E-state index contributed by atoms with van der Waals surface area (Å²) in [7, 11) is 0. The van der Waals surface area contributed by atoms with E-state index in [0.717, 1.165) is 60.6 Å². The van der Waals surface area contributed by atoms with Gasteiger partial charge in [-0.2, -0.15) is 0 Å². The quantitative estimate of drug-likeness (QED) is 0.433. The van der Waals surface area contributed by atoms with Crippen LogP contribution >= 0.6 is 35.0 Å². The van der Waals surface area contributed by atoms with Gasteiger partial charge < -0.3 is 9.80 Å². The molecule has 0 bridgehead atoms. The lowest BCUT2D eigenvalue weighted by Gasteiger charge is -2.36. The van der Waals surface area contributed by atoms with Crippen LogP contribution in [0.1, 0.15) is 24.1 Å². The van der Waals surface area contributed by atoms with Gasteiger partial charge in [0.2, 0.25) is 5.91 Å². The molecule has 0 unspecified atom stereocenters. The Morgan fingerprint density at radius 1 is 0.938 bits per heavy atom. The van der Waals surface area contributed by atoms with Crippen molar-refractivity contribution in [3.63, 3.8) is 0 Å². The van der Waals surface area contributed by atoms with Crippen LogP contribution in [-0.4, -0.2) is 47.7 Å². The average molecular weight is 486 g/mol. The van der Waals surface area contributed by atoms with Crippen LogP contribution < -0.4 is 4.90 Å². The predicted octanol–water partition coefficient (Wildman–Crippen LogP) is 5.86. The largest absolute Gasteiger partial charge is 0.368 e. The number of carbonyl (C=O) groups excluding carboxylic acids is 1. The molecule has 166 valence electrons. The molecular weight excluding hydrogens is 461 g/mol. The Bertz CT molecular complexity index is 1140. The fourth-order valence-electron chi connectivity index (χ4n) is 4.61. The number of hydrogen-bond acceptors (Lipinski definition) is 4. The standard InChI is InChI=1S/C25H25Cl2N3OS/c26-17-5-8-19(9-6-17)29-11-13-30(14-12-29)24(31)16-32-25-20-3-1-2-4-22(20)28-23-10-7-18(27)15-21(23)25/h5-10,15H,1-4,11-14,16H2. The van der Waals surface area contributed by atoms with Crippen LogP contribution in [0.2, 0.25) is 10.0 Å². The lowest BCUT2D eigenvalue weighted by Crippen LogP contribution is -2.49. The maximum absolute atomic E-state index is 13.1. The van der Waals surface area contributed by atoms with Crippen LogP contribution in [0.3, 0.4) is 0 Å². The number of nitrogens with zero attached hydrogens (tertiary/aromatic N) is 3. The number of carbonyl (C=O) groups is 1.